The number of hydrogen-bond donors (Lipinski definition) is 0. The molecule has 6 heteroatoms. The summed E-state index contributed by atoms with van der Waals surface area (Å²) >= 11 is 1.65. The Morgan fingerprint density at radius 3 is 2.46 bits per heavy atom. The van der Waals surface area contributed by atoms with Crippen molar-refractivity contribution in [3.63, 3.8) is 0 Å². The van der Waals surface area contributed by atoms with Gasteiger partial charge in [0.05, 0.1) is 20.2 Å². The Labute approximate surface area is 157 Å². The third kappa shape index (κ3) is 4.67. The highest BCUT2D eigenvalue weighted by atomic mass is 32.1. The van der Waals surface area contributed by atoms with Gasteiger partial charge in [0, 0.05) is 23.8 Å². The Morgan fingerprint density at radius 1 is 1.08 bits per heavy atom. The second kappa shape index (κ2) is 8.58. The molecule has 0 fully saturated rings. The zero-order chi connectivity index (χ0) is 18.4. The predicted octanol–water partition coefficient (Wildman–Crippen LogP) is 3.70. The average Bonchev–Trinajstić information content (AvgIpc) is 3.31. The van der Waals surface area contributed by atoms with E-state index in [2.05, 4.69) is 0 Å². The Morgan fingerprint density at radius 2 is 1.85 bits per heavy atom. The zero-order valence-electron chi connectivity index (χ0n) is 14.9. The number of carbonyl (C=O) groups is 1. The van der Waals surface area contributed by atoms with Gasteiger partial charge in [0.15, 0.2) is 6.61 Å². The van der Waals surface area contributed by atoms with Crippen LogP contribution in [0.15, 0.2) is 60.1 Å². The number of amides is 1. The van der Waals surface area contributed by atoms with Crippen LogP contribution < -0.4 is 9.47 Å². The Hall–Kier alpha value is -2.73. The third-order valence-electron chi connectivity index (χ3n) is 4.11. The highest BCUT2D eigenvalue weighted by Crippen LogP contribution is 2.18. The zero-order valence-corrected chi connectivity index (χ0v) is 15.7. The first kappa shape index (κ1) is 18.1. The predicted molar refractivity (Wildman–Crippen MR) is 102 cm³/mol. The summed E-state index contributed by atoms with van der Waals surface area (Å²) in [6.45, 7) is 1.13. The molecule has 136 valence electrons. The van der Waals surface area contributed by atoms with Gasteiger partial charge in [-0.15, -0.1) is 11.3 Å². The average molecular weight is 370 g/mol. The van der Waals surface area contributed by atoms with E-state index in [9.17, 15) is 4.79 Å². The minimum atomic E-state index is -0.0459. The lowest BCUT2D eigenvalue weighted by Crippen LogP contribution is -2.34. The lowest BCUT2D eigenvalue weighted by atomic mass is 10.3. The van der Waals surface area contributed by atoms with E-state index in [0.717, 1.165) is 16.3 Å². The van der Waals surface area contributed by atoms with Gasteiger partial charge in [0.1, 0.15) is 11.5 Å². The molecule has 0 saturated carbocycles. The molecule has 3 rings (SSSR count). The summed E-state index contributed by atoms with van der Waals surface area (Å²) in [5.41, 5.74) is 1.08. The number of methoxy groups -OCH3 is 1. The summed E-state index contributed by atoms with van der Waals surface area (Å²) in [6.07, 6.45) is 1.98. The van der Waals surface area contributed by atoms with Gasteiger partial charge in [-0.05, 0) is 47.8 Å². The SMILES string of the molecule is COc1ccc(OCC(=O)N(Cc2cccs2)Cc2cccn2C)cc1. The van der Waals surface area contributed by atoms with Crippen LogP contribution in [0, 0.1) is 0 Å². The van der Waals surface area contributed by atoms with Gasteiger partial charge in [-0.2, -0.15) is 0 Å². The first-order valence-electron chi connectivity index (χ1n) is 8.33. The van der Waals surface area contributed by atoms with Crippen LogP contribution in [0.3, 0.4) is 0 Å². The maximum absolute atomic E-state index is 12.8. The first-order chi connectivity index (χ1) is 12.7. The van der Waals surface area contributed by atoms with Crippen molar-refractivity contribution >= 4 is 17.2 Å². The molecule has 3 aromatic rings. The van der Waals surface area contributed by atoms with Crippen LogP contribution in [-0.2, 0) is 24.9 Å². The molecule has 0 unspecified atom stereocenters. The molecular weight excluding hydrogens is 348 g/mol. The van der Waals surface area contributed by atoms with Crippen molar-refractivity contribution in [2.24, 2.45) is 7.05 Å². The van der Waals surface area contributed by atoms with Crippen molar-refractivity contribution in [3.8, 4) is 11.5 Å². The molecule has 0 atom stereocenters. The lowest BCUT2D eigenvalue weighted by Gasteiger charge is -2.22. The van der Waals surface area contributed by atoms with Crippen LogP contribution >= 0.6 is 11.3 Å². The van der Waals surface area contributed by atoms with Gasteiger partial charge in [-0.3, -0.25) is 4.79 Å². The first-order valence-corrected chi connectivity index (χ1v) is 9.21. The van der Waals surface area contributed by atoms with Crippen LogP contribution in [0.5, 0.6) is 11.5 Å². The molecule has 0 radical (unpaired) electrons. The summed E-state index contributed by atoms with van der Waals surface area (Å²) < 4.78 is 12.8. The van der Waals surface area contributed by atoms with Crippen LogP contribution in [0.2, 0.25) is 0 Å². The number of benzene rings is 1. The van der Waals surface area contributed by atoms with Crippen molar-refractivity contribution in [2.75, 3.05) is 13.7 Å². The molecule has 2 aromatic heterocycles. The van der Waals surface area contributed by atoms with Gasteiger partial charge in [-0.1, -0.05) is 6.07 Å². The molecule has 0 bridgehead atoms. The van der Waals surface area contributed by atoms with Crippen molar-refractivity contribution < 1.29 is 14.3 Å². The molecular formula is C20H22N2O3S. The van der Waals surface area contributed by atoms with Crippen molar-refractivity contribution in [3.05, 3.63) is 70.7 Å². The minimum absolute atomic E-state index is 0.00211. The largest absolute Gasteiger partial charge is 0.497 e. The van der Waals surface area contributed by atoms with E-state index in [1.54, 1.807) is 30.6 Å². The third-order valence-corrected chi connectivity index (χ3v) is 4.97. The number of aromatic nitrogens is 1. The van der Waals surface area contributed by atoms with Crippen LogP contribution in [0.25, 0.3) is 0 Å². The highest BCUT2D eigenvalue weighted by molar-refractivity contribution is 7.09. The molecule has 1 amide bonds. The Balaban J connectivity index is 1.66. The van der Waals surface area contributed by atoms with Crippen LogP contribution in [0.4, 0.5) is 0 Å². The van der Waals surface area contributed by atoms with Crippen LogP contribution in [0.1, 0.15) is 10.6 Å². The quantitative estimate of drug-likeness (QED) is 0.607. The molecule has 0 N–H and O–H groups in total. The van der Waals surface area contributed by atoms with Gasteiger partial charge in [0.25, 0.3) is 5.91 Å². The van der Waals surface area contributed by atoms with Gasteiger partial charge in [0.2, 0.25) is 0 Å². The van der Waals surface area contributed by atoms with Crippen molar-refractivity contribution in [1.82, 2.24) is 9.47 Å². The fraction of sp³-hybridized carbons (Fsp3) is 0.250. The maximum atomic E-state index is 12.8. The molecule has 1 aromatic carbocycles. The number of nitrogens with zero attached hydrogens (tertiary/aromatic N) is 2. The number of hydrogen-bond acceptors (Lipinski definition) is 4. The summed E-state index contributed by atoms with van der Waals surface area (Å²) in [5.74, 6) is 1.36. The van der Waals surface area contributed by atoms with E-state index in [1.165, 1.54) is 0 Å². The molecule has 2 heterocycles. The Kier molecular flexibility index (Phi) is 5.96. The van der Waals surface area contributed by atoms with E-state index in [4.69, 9.17) is 9.47 Å². The lowest BCUT2D eigenvalue weighted by molar-refractivity contribution is -0.134. The van der Waals surface area contributed by atoms with E-state index >= 15 is 0 Å². The van der Waals surface area contributed by atoms with E-state index < -0.39 is 0 Å². The van der Waals surface area contributed by atoms with E-state index in [-0.39, 0.29) is 12.5 Å². The van der Waals surface area contributed by atoms with E-state index in [1.807, 2.05) is 64.5 Å². The second-order valence-electron chi connectivity index (χ2n) is 5.90. The molecule has 0 saturated heterocycles. The number of thiophene rings is 1. The van der Waals surface area contributed by atoms with Gasteiger partial charge >= 0.3 is 0 Å². The minimum Gasteiger partial charge on any atom is -0.497 e. The topological polar surface area (TPSA) is 43.7 Å². The molecule has 0 aliphatic heterocycles. The number of ether oxygens (including phenoxy) is 2. The van der Waals surface area contributed by atoms with Crippen molar-refractivity contribution in [2.45, 2.75) is 13.1 Å². The maximum Gasteiger partial charge on any atom is 0.261 e. The normalized spacial score (nSPS) is 10.5. The smallest absolute Gasteiger partial charge is 0.261 e. The monoisotopic (exact) mass is 370 g/mol. The van der Waals surface area contributed by atoms with E-state index in [0.29, 0.717) is 18.8 Å². The molecule has 26 heavy (non-hydrogen) atoms. The molecule has 5 nitrogen and oxygen atoms in total. The Bertz CT molecular complexity index is 825. The number of carbonyl (C=O) groups excluding carboxylic acids is 1. The van der Waals surface area contributed by atoms with Crippen molar-refractivity contribution in [1.29, 1.82) is 0 Å². The molecule has 0 aliphatic rings. The fourth-order valence-corrected chi connectivity index (χ4v) is 3.31. The fourth-order valence-electron chi connectivity index (χ4n) is 2.59. The number of rotatable bonds is 8. The highest BCUT2D eigenvalue weighted by Gasteiger charge is 2.17. The summed E-state index contributed by atoms with van der Waals surface area (Å²) in [7, 11) is 3.60. The molecule has 0 spiro atoms. The summed E-state index contributed by atoms with van der Waals surface area (Å²) in [4.78, 5) is 15.7. The van der Waals surface area contributed by atoms with Gasteiger partial charge < -0.3 is 18.9 Å². The summed E-state index contributed by atoms with van der Waals surface area (Å²) in [6, 6.07) is 15.3. The molecule has 0 aliphatic carbocycles. The second-order valence-corrected chi connectivity index (χ2v) is 6.94. The van der Waals surface area contributed by atoms with Gasteiger partial charge in [-0.25, -0.2) is 0 Å². The van der Waals surface area contributed by atoms with Crippen LogP contribution in [-0.4, -0.2) is 29.1 Å². The standard InChI is InChI=1S/C20H22N2O3S/c1-21-11-3-5-16(21)13-22(14-19-6-4-12-26-19)20(23)15-25-18-9-7-17(24-2)8-10-18/h3-12H,13-15H2,1-2H3. The number of aryl methyl sites for hydroxylation is 1. The summed E-state index contributed by atoms with van der Waals surface area (Å²) in [5, 5.41) is 2.02.